The van der Waals surface area contributed by atoms with Crippen LogP contribution in [0.5, 0.6) is 0 Å². The second kappa shape index (κ2) is 6.66. The summed E-state index contributed by atoms with van der Waals surface area (Å²) < 4.78 is 5.42. The Balaban J connectivity index is 2.30. The van der Waals surface area contributed by atoms with Gasteiger partial charge in [0.15, 0.2) is 6.23 Å². The van der Waals surface area contributed by atoms with E-state index >= 15 is 0 Å². The zero-order chi connectivity index (χ0) is 10.2. The third kappa shape index (κ3) is 3.97. The molecule has 0 fully saturated rings. The van der Waals surface area contributed by atoms with Crippen LogP contribution in [-0.2, 0) is 4.74 Å². The van der Waals surface area contributed by atoms with E-state index in [0.717, 1.165) is 0 Å². The first kappa shape index (κ1) is 11.3. The highest BCUT2D eigenvalue weighted by atomic mass is 16.5. The summed E-state index contributed by atoms with van der Waals surface area (Å²) in [6, 6.07) is 0.589. The van der Waals surface area contributed by atoms with Crippen molar-refractivity contribution in [2.24, 2.45) is 0 Å². The molecule has 1 atom stereocenters. The summed E-state index contributed by atoms with van der Waals surface area (Å²) in [4.78, 5) is 0. The lowest BCUT2D eigenvalue weighted by Crippen LogP contribution is -2.38. The predicted octanol–water partition coefficient (Wildman–Crippen LogP) is 2.97. The van der Waals surface area contributed by atoms with Gasteiger partial charge >= 0.3 is 0 Å². The van der Waals surface area contributed by atoms with Gasteiger partial charge < -0.3 is 4.74 Å². The molecule has 0 aromatic heterocycles. The van der Waals surface area contributed by atoms with Crippen LogP contribution >= 0.6 is 0 Å². The zero-order valence-corrected chi connectivity index (χ0v) is 9.20. The Bertz CT molecular complexity index is 192. The molecule has 1 N–H and O–H groups in total. The van der Waals surface area contributed by atoms with Crippen molar-refractivity contribution in [3.05, 3.63) is 24.5 Å². The number of ether oxygens (including phenoxy) is 1. The topological polar surface area (TPSA) is 21.3 Å². The zero-order valence-electron chi connectivity index (χ0n) is 9.20. The summed E-state index contributed by atoms with van der Waals surface area (Å²) in [5.74, 6) is 0. The van der Waals surface area contributed by atoms with Crippen LogP contribution < -0.4 is 5.32 Å². The molecular weight excluding hydrogens is 174 g/mol. The predicted molar refractivity (Wildman–Crippen MR) is 59.9 cm³/mol. The van der Waals surface area contributed by atoms with Gasteiger partial charge in [0.2, 0.25) is 0 Å². The van der Waals surface area contributed by atoms with Gasteiger partial charge in [-0.25, -0.2) is 0 Å². The Labute approximate surface area is 87.0 Å². The van der Waals surface area contributed by atoms with Crippen LogP contribution in [0, 0.1) is 0 Å². The smallest absolute Gasteiger partial charge is 0.169 e. The molecule has 1 rings (SSSR count). The van der Waals surface area contributed by atoms with Crippen LogP contribution in [0.15, 0.2) is 24.5 Å². The Kier molecular flexibility index (Phi) is 5.38. The molecule has 0 bridgehead atoms. The van der Waals surface area contributed by atoms with Gasteiger partial charge in [0, 0.05) is 6.04 Å². The fourth-order valence-corrected chi connectivity index (χ4v) is 1.72. The van der Waals surface area contributed by atoms with Crippen molar-refractivity contribution in [3.8, 4) is 0 Å². The molecule has 0 saturated carbocycles. The van der Waals surface area contributed by atoms with Crippen molar-refractivity contribution in [1.29, 1.82) is 0 Å². The Morgan fingerprint density at radius 1 is 1.21 bits per heavy atom. The third-order valence-electron chi connectivity index (χ3n) is 2.38. The van der Waals surface area contributed by atoms with E-state index in [-0.39, 0.29) is 6.23 Å². The second-order valence-corrected chi connectivity index (χ2v) is 3.71. The number of rotatable bonds is 6. The number of allylic oxidation sites excluding steroid dienone is 2. The van der Waals surface area contributed by atoms with Gasteiger partial charge in [0.1, 0.15) is 0 Å². The van der Waals surface area contributed by atoms with Crippen molar-refractivity contribution in [1.82, 2.24) is 5.32 Å². The van der Waals surface area contributed by atoms with Crippen molar-refractivity contribution in [2.45, 2.75) is 51.8 Å². The van der Waals surface area contributed by atoms with Crippen molar-refractivity contribution in [2.75, 3.05) is 0 Å². The molecule has 0 amide bonds. The first-order valence-electron chi connectivity index (χ1n) is 5.61. The normalized spacial score (nSPS) is 20.1. The van der Waals surface area contributed by atoms with Gasteiger partial charge in [-0.1, -0.05) is 32.8 Å². The lowest BCUT2D eigenvalue weighted by molar-refractivity contribution is 0.132. The van der Waals surface area contributed by atoms with E-state index in [4.69, 9.17) is 4.74 Å². The summed E-state index contributed by atoms with van der Waals surface area (Å²) in [5.41, 5.74) is 0. The molecule has 0 saturated heterocycles. The van der Waals surface area contributed by atoms with E-state index in [2.05, 4.69) is 25.2 Å². The largest absolute Gasteiger partial charge is 0.479 e. The van der Waals surface area contributed by atoms with Gasteiger partial charge in [0.05, 0.1) is 6.26 Å². The molecule has 1 aliphatic heterocycles. The highest BCUT2D eigenvalue weighted by Gasteiger charge is 2.12. The van der Waals surface area contributed by atoms with Crippen molar-refractivity contribution >= 4 is 0 Å². The molecule has 0 spiro atoms. The lowest BCUT2D eigenvalue weighted by atomic mass is 10.1. The van der Waals surface area contributed by atoms with Crippen LogP contribution in [0.4, 0.5) is 0 Å². The van der Waals surface area contributed by atoms with Gasteiger partial charge in [-0.2, -0.15) is 0 Å². The summed E-state index contributed by atoms with van der Waals surface area (Å²) in [6.45, 7) is 4.45. The summed E-state index contributed by atoms with van der Waals surface area (Å²) >= 11 is 0. The third-order valence-corrected chi connectivity index (χ3v) is 2.38. The van der Waals surface area contributed by atoms with Crippen molar-refractivity contribution < 1.29 is 4.74 Å². The SMILES string of the molecule is CCCC(CCC)NC1C=CC=CO1. The fraction of sp³-hybridized carbons (Fsp3) is 0.667. The average Bonchev–Trinajstić information content (AvgIpc) is 2.20. The van der Waals surface area contributed by atoms with Crippen LogP contribution in [0.25, 0.3) is 0 Å². The maximum absolute atomic E-state index is 5.42. The Hall–Kier alpha value is -0.760. The first-order chi connectivity index (χ1) is 6.86. The quantitative estimate of drug-likeness (QED) is 0.703. The van der Waals surface area contributed by atoms with Gasteiger partial charge in [-0.05, 0) is 25.0 Å². The minimum absolute atomic E-state index is 0.0723. The summed E-state index contributed by atoms with van der Waals surface area (Å²) in [7, 11) is 0. The molecular formula is C12H21NO. The van der Waals surface area contributed by atoms with Crippen LogP contribution in [0.2, 0.25) is 0 Å². The van der Waals surface area contributed by atoms with E-state index in [1.807, 2.05) is 12.2 Å². The highest BCUT2D eigenvalue weighted by Crippen LogP contribution is 2.08. The van der Waals surface area contributed by atoms with Gasteiger partial charge in [0.25, 0.3) is 0 Å². The lowest BCUT2D eigenvalue weighted by Gasteiger charge is -2.23. The van der Waals surface area contributed by atoms with E-state index in [1.54, 1.807) is 6.26 Å². The summed E-state index contributed by atoms with van der Waals surface area (Å²) in [6.07, 6.45) is 12.7. The van der Waals surface area contributed by atoms with E-state index in [9.17, 15) is 0 Å². The average molecular weight is 195 g/mol. The monoisotopic (exact) mass is 195 g/mol. The van der Waals surface area contributed by atoms with Gasteiger partial charge in [-0.3, -0.25) is 5.32 Å². The Morgan fingerprint density at radius 3 is 2.43 bits per heavy atom. The number of hydrogen-bond donors (Lipinski definition) is 1. The van der Waals surface area contributed by atoms with Crippen LogP contribution in [0.3, 0.4) is 0 Å². The standard InChI is InChI=1S/C12H21NO/c1-3-7-11(8-4-2)13-12-9-5-6-10-14-12/h5-6,9-13H,3-4,7-8H2,1-2H3. The molecule has 2 heteroatoms. The minimum Gasteiger partial charge on any atom is -0.479 e. The molecule has 80 valence electrons. The molecule has 0 aromatic carbocycles. The van der Waals surface area contributed by atoms with E-state index in [1.165, 1.54) is 25.7 Å². The molecule has 1 unspecified atom stereocenters. The molecule has 1 aliphatic rings. The van der Waals surface area contributed by atoms with Crippen LogP contribution in [-0.4, -0.2) is 12.3 Å². The minimum atomic E-state index is 0.0723. The number of hydrogen-bond acceptors (Lipinski definition) is 2. The van der Waals surface area contributed by atoms with Gasteiger partial charge in [-0.15, -0.1) is 0 Å². The number of nitrogens with one attached hydrogen (secondary N) is 1. The van der Waals surface area contributed by atoms with E-state index < -0.39 is 0 Å². The molecule has 0 aromatic rings. The molecule has 0 radical (unpaired) electrons. The van der Waals surface area contributed by atoms with Crippen LogP contribution in [0.1, 0.15) is 39.5 Å². The molecule has 0 aliphatic carbocycles. The van der Waals surface area contributed by atoms with E-state index in [0.29, 0.717) is 6.04 Å². The maximum Gasteiger partial charge on any atom is 0.169 e. The first-order valence-corrected chi connectivity index (χ1v) is 5.61. The highest BCUT2D eigenvalue weighted by molar-refractivity contribution is 5.07. The second-order valence-electron chi connectivity index (χ2n) is 3.71. The Morgan fingerprint density at radius 2 is 1.93 bits per heavy atom. The fourth-order valence-electron chi connectivity index (χ4n) is 1.72. The molecule has 14 heavy (non-hydrogen) atoms. The maximum atomic E-state index is 5.42. The molecule has 1 heterocycles. The molecule has 2 nitrogen and oxygen atoms in total. The summed E-state index contributed by atoms with van der Waals surface area (Å²) in [5, 5.41) is 3.50. The van der Waals surface area contributed by atoms with Crippen molar-refractivity contribution in [3.63, 3.8) is 0 Å².